The van der Waals surface area contributed by atoms with Crippen molar-refractivity contribution >= 4 is 17.2 Å². The van der Waals surface area contributed by atoms with Crippen LogP contribution in [0.3, 0.4) is 0 Å². The maximum absolute atomic E-state index is 5.53. The van der Waals surface area contributed by atoms with Crippen LogP contribution in [0.4, 0.5) is 0 Å². The highest BCUT2D eigenvalue weighted by Gasteiger charge is 2.09. The van der Waals surface area contributed by atoms with Crippen molar-refractivity contribution in [1.29, 1.82) is 0 Å². The normalized spacial score (nSPS) is 10.1. The molecule has 2 rings (SSSR count). The van der Waals surface area contributed by atoms with Gasteiger partial charge in [0.25, 0.3) is 0 Å². The van der Waals surface area contributed by atoms with Crippen LogP contribution >= 0.6 is 12.2 Å². The van der Waals surface area contributed by atoms with Crippen LogP contribution in [0, 0.1) is 6.92 Å². The van der Waals surface area contributed by atoms with Crippen molar-refractivity contribution in [3.05, 3.63) is 35.8 Å². The van der Waals surface area contributed by atoms with Crippen molar-refractivity contribution in [3.8, 4) is 11.6 Å². The molecule has 0 spiro atoms. The molecule has 0 aliphatic heterocycles. The van der Waals surface area contributed by atoms with Gasteiger partial charge in [-0.05, 0) is 19.1 Å². The SMILES string of the molecule is Cc1cc(Oc2cccnc2C(N)=S)n[nH]1. The number of H-pyrrole nitrogens is 1. The highest BCUT2D eigenvalue weighted by molar-refractivity contribution is 7.80. The molecule has 0 atom stereocenters. The first-order valence-electron chi connectivity index (χ1n) is 4.61. The minimum atomic E-state index is 0.197. The van der Waals surface area contributed by atoms with Gasteiger partial charge >= 0.3 is 0 Å². The van der Waals surface area contributed by atoms with Gasteiger partial charge in [0.05, 0.1) is 0 Å². The van der Waals surface area contributed by atoms with Gasteiger partial charge in [0, 0.05) is 18.0 Å². The molecule has 0 radical (unpaired) electrons. The van der Waals surface area contributed by atoms with Crippen molar-refractivity contribution in [3.63, 3.8) is 0 Å². The Morgan fingerprint density at radius 2 is 2.38 bits per heavy atom. The Labute approximate surface area is 97.6 Å². The maximum Gasteiger partial charge on any atom is 0.238 e. The molecule has 0 unspecified atom stereocenters. The highest BCUT2D eigenvalue weighted by Crippen LogP contribution is 2.22. The van der Waals surface area contributed by atoms with E-state index in [1.807, 2.05) is 6.92 Å². The van der Waals surface area contributed by atoms with Crippen molar-refractivity contribution in [2.45, 2.75) is 6.92 Å². The number of aromatic nitrogens is 3. The minimum Gasteiger partial charge on any atom is -0.435 e. The number of ether oxygens (including phenoxy) is 1. The molecule has 0 saturated heterocycles. The summed E-state index contributed by atoms with van der Waals surface area (Å²) in [6.45, 7) is 1.89. The number of nitrogens with zero attached hydrogens (tertiary/aromatic N) is 2. The molecule has 0 aromatic carbocycles. The van der Waals surface area contributed by atoms with E-state index in [0.717, 1.165) is 5.69 Å². The fourth-order valence-corrected chi connectivity index (χ4v) is 1.37. The van der Waals surface area contributed by atoms with E-state index in [0.29, 0.717) is 17.3 Å². The average molecular weight is 234 g/mol. The lowest BCUT2D eigenvalue weighted by Crippen LogP contribution is -2.12. The first-order chi connectivity index (χ1) is 7.66. The number of hydrogen-bond donors (Lipinski definition) is 2. The molecule has 6 heteroatoms. The number of thiocarbonyl (C=S) groups is 1. The number of rotatable bonds is 3. The molecule has 0 saturated carbocycles. The van der Waals surface area contributed by atoms with E-state index in [-0.39, 0.29) is 4.99 Å². The standard InChI is InChI=1S/C10H10N4OS/c1-6-5-8(14-13-6)15-7-3-2-4-12-9(7)10(11)16/h2-5H,1H3,(H2,11,16)(H,13,14). The van der Waals surface area contributed by atoms with Crippen LogP contribution in [0.5, 0.6) is 11.6 Å². The third-order valence-electron chi connectivity index (χ3n) is 1.90. The fourth-order valence-electron chi connectivity index (χ4n) is 1.22. The van der Waals surface area contributed by atoms with Gasteiger partial charge < -0.3 is 10.5 Å². The fraction of sp³-hybridized carbons (Fsp3) is 0.100. The predicted octanol–water partition coefficient (Wildman–Crippen LogP) is 1.54. The molecule has 16 heavy (non-hydrogen) atoms. The Morgan fingerprint density at radius 3 is 3.00 bits per heavy atom. The Morgan fingerprint density at radius 1 is 1.56 bits per heavy atom. The van der Waals surface area contributed by atoms with Crippen LogP contribution in [-0.4, -0.2) is 20.2 Å². The third kappa shape index (κ3) is 2.17. The van der Waals surface area contributed by atoms with Crippen LogP contribution in [0.2, 0.25) is 0 Å². The summed E-state index contributed by atoms with van der Waals surface area (Å²) in [5, 5.41) is 6.73. The summed E-state index contributed by atoms with van der Waals surface area (Å²) in [4.78, 5) is 4.25. The smallest absolute Gasteiger partial charge is 0.238 e. The summed E-state index contributed by atoms with van der Waals surface area (Å²) in [6.07, 6.45) is 1.61. The lowest BCUT2D eigenvalue weighted by Gasteiger charge is -2.05. The topological polar surface area (TPSA) is 76.8 Å². The predicted molar refractivity (Wildman–Crippen MR) is 63.5 cm³/mol. The highest BCUT2D eigenvalue weighted by atomic mass is 32.1. The summed E-state index contributed by atoms with van der Waals surface area (Å²) in [7, 11) is 0. The first-order valence-corrected chi connectivity index (χ1v) is 5.02. The zero-order valence-electron chi connectivity index (χ0n) is 8.60. The number of aryl methyl sites for hydroxylation is 1. The van der Waals surface area contributed by atoms with Crippen LogP contribution in [0.15, 0.2) is 24.4 Å². The van der Waals surface area contributed by atoms with E-state index in [2.05, 4.69) is 15.2 Å². The molecule has 2 aromatic heterocycles. The van der Waals surface area contributed by atoms with Crippen molar-refractivity contribution < 1.29 is 4.74 Å². The van der Waals surface area contributed by atoms with Crippen molar-refractivity contribution in [2.24, 2.45) is 5.73 Å². The molecule has 0 aliphatic carbocycles. The van der Waals surface area contributed by atoms with E-state index < -0.39 is 0 Å². The van der Waals surface area contributed by atoms with Gasteiger partial charge in [-0.1, -0.05) is 12.2 Å². The number of nitrogens with two attached hydrogens (primary N) is 1. The quantitative estimate of drug-likeness (QED) is 0.788. The van der Waals surface area contributed by atoms with E-state index >= 15 is 0 Å². The lowest BCUT2D eigenvalue weighted by atomic mass is 10.3. The number of pyridine rings is 1. The van der Waals surface area contributed by atoms with Crippen LogP contribution in [-0.2, 0) is 0 Å². The van der Waals surface area contributed by atoms with Crippen LogP contribution in [0.25, 0.3) is 0 Å². The summed E-state index contributed by atoms with van der Waals surface area (Å²) in [5.41, 5.74) is 6.90. The van der Waals surface area contributed by atoms with Crippen molar-refractivity contribution in [2.75, 3.05) is 0 Å². The summed E-state index contributed by atoms with van der Waals surface area (Å²) >= 11 is 4.88. The van der Waals surface area contributed by atoms with Crippen LogP contribution < -0.4 is 10.5 Å². The van der Waals surface area contributed by atoms with Gasteiger partial charge in [-0.15, -0.1) is 5.10 Å². The largest absolute Gasteiger partial charge is 0.435 e. The second kappa shape index (κ2) is 4.28. The molecule has 3 N–H and O–H groups in total. The molecule has 0 aliphatic rings. The molecule has 82 valence electrons. The Hall–Kier alpha value is -1.95. The maximum atomic E-state index is 5.53. The van der Waals surface area contributed by atoms with Gasteiger partial charge in [0.15, 0.2) is 5.75 Å². The Kier molecular flexibility index (Phi) is 2.82. The molecule has 0 bridgehead atoms. The van der Waals surface area contributed by atoms with Gasteiger partial charge in [-0.2, -0.15) is 0 Å². The molecule has 2 aromatic rings. The van der Waals surface area contributed by atoms with Gasteiger partial charge in [-0.3, -0.25) is 5.10 Å². The molecular weight excluding hydrogens is 224 g/mol. The summed E-state index contributed by atoms with van der Waals surface area (Å²) in [5.74, 6) is 0.963. The number of nitrogens with one attached hydrogen (secondary N) is 1. The van der Waals surface area contributed by atoms with E-state index in [1.165, 1.54) is 0 Å². The van der Waals surface area contributed by atoms with E-state index in [9.17, 15) is 0 Å². The summed E-state index contributed by atoms with van der Waals surface area (Å²) in [6, 6.07) is 5.26. The molecule has 2 heterocycles. The molecular formula is C10H10N4OS. The Bertz CT molecular complexity index is 523. The van der Waals surface area contributed by atoms with E-state index in [4.69, 9.17) is 22.7 Å². The van der Waals surface area contributed by atoms with Gasteiger partial charge in [0.2, 0.25) is 5.88 Å². The minimum absolute atomic E-state index is 0.197. The number of hydrogen-bond acceptors (Lipinski definition) is 4. The molecule has 0 amide bonds. The lowest BCUT2D eigenvalue weighted by molar-refractivity contribution is 0.458. The zero-order chi connectivity index (χ0) is 11.5. The van der Waals surface area contributed by atoms with Crippen molar-refractivity contribution in [1.82, 2.24) is 15.2 Å². The average Bonchev–Trinajstić information content (AvgIpc) is 2.64. The first kappa shape index (κ1) is 10.6. The van der Waals surface area contributed by atoms with Gasteiger partial charge in [-0.25, -0.2) is 4.98 Å². The zero-order valence-corrected chi connectivity index (χ0v) is 9.41. The second-order valence-corrected chi connectivity index (χ2v) is 3.65. The molecule has 0 fully saturated rings. The van der Waals surface area contributed by atoms with E-state index in [1.54, 1.807) is 24.4 Å². The van der Waals surface area contributed by atoms with Gasteiger partial charge in [0.1, 0.15) is 10.7 Å². The van der Waals surface area contributed by atoms with Crippen LogP contribution in [0.1, 0.15) is 11.4 Å². The summed E-state index contributed by atoms with van der Waals surface area (Å²) < 4.78 is 5.52. The Balaban J connectivity index is 2.31. The third-order valence-corrected chi connectivity index (χ3v) is 2.09. The number of aromatic amines is 1. The molecule has 5 nitrogen and oxygen atoms in total. The monoisotopic (exact) mass is 234 g/mol. The second-order valence-electron chi connectivity index (χ2n) is 3.21.